The third-order valence-electron chi connectivity index (χ3n) is 9.87. The van der Waals surface area contributed by atoms with Gasteiger partial charge in [0.2, 0.25) is 0 Å². The van der Waals surface area contributed by atoms with Gasteiger partial charge in [0.05, 0.1) is 6.10 Å². The summed E-state index contributed by atoms with van der Waals surface area (Å²) < 4.78 is 0. The lowest BCUT2D eigenvalue weighted by Crippen LogP contribution is -2.55. The van der Waals surface area contributed by atoms with Crippen LogP contribution in [-0.4, -0.2) is 17.0 Å². The topological polar surface area (TPSA) is 37.3 Å². The summed E-state index contributed by atoms with van der Waals surface area (Å²) >= 11 is 0. The van der Waals surface area contributed by atoms with Crippen LogP contribution in [-0.2, 0) is 4.79 Å². The third-order valence-corrected chi connectivity index (χ3v) is 9.87. The van der Waals surface area contributed by atoms with Gasteiger partial charge in [0.1, 0.15) is 5.78 Å². The van der Waals surface area contributed by atoms with Crippen molar-refractivity contribution in [3.63, 3.8) is 0 Å². The Morgan fingerprint density at radius 3 is 2.69 bits per heavy atom. The normalized spacial score (nSPS) is 45.0. The molecule has 0 aromatic carbocycles. The lowest BCUT2D eigenvalue weighted by Gasteiger charge is -2.57. The van der Waals surface area contributed by atoms with Crippen LogP contribution in [0.15, 0.2) is 23.3 Å². The Hall–Kier alpha value is -0.890. The fourth-order valence-electron chi connectivity index (χ4n) is 8.13. The smallest absolute Gasteiger partial charge is 0.139 e. The molecule has 2 nitrogen and oxygen atoms in total. The van der Waals surface area contributed by atoms with Crippen molar-refractivity contribution in [2.24, 2.45) is 40.4 Å². The molecule has 0 amide bonds. The first-order chi connectivity index (χ1) is 13.7. The molecular weight excluding hydrogens is 356 g/mol. The van der Waals surface area contributed by atoms with Crippen LogP contribution >= 0.6 is 0 Å². The maximum Gasteiger partial charge on any atom is 0.139 e. The van der Waals surface area contributed by atoms with E-state index in [0.717, 1.165) is 38.5 Å². The van der Waals surface area contributed by atoms with Crippen LogP contribution in [0, 0.1) is 40.4 Å². The molecule has 162 valence electrons. The SMILES string of the molecule is CC(C)=CCC[C@@H](C)[C@H]1CC[C@H]2[C@@H]3CC=C4C[C@@H](O)CC[C@]4(C)[C@H]3CC(=O)[C@]12C. The van der Waals surface area contributed by atoms with Crippen molar-refractivity contribution in [2.75, 3.05) is 0 Å². The Balaban J connectivity index is 1.57. The van der Waals surface area contributed by atoms with Gasteiger partial charge in [0, 0.05) is 11.8 Å². The van der Waals surface area contributed by atoms with E-state index in [1.54, 1.807) is 0 Å². The monoisotopic (exact) mass is 398 g/mol. The van der Waals surface area contributed by atoms with Crippen molar-refractivity contribution in [3.8, 4) is 0 Å². The molecule has 8 atom stereocenters. The largest absolute Gasteiger partial charge is 0.393 e. The predicted molar refractivity (Wildman–Crippen MR) is 119 cm³/mol. The molecule has 0 saturated heterocycles. The highest BCUT2D eigenvalue weighted by Gasteiger charge is 2.62. The first kappa shape index (κ1) is 21.3. The summed E-state index contributed by atoms with van der Waals surface area (Å²) in [6.45, 7) is 11.5. The zero-order chi connectivity index (χ0) is 21.0. The number of allylic oxidation sites excluding steroid dienone is 3. The molecule has 3 saturated carbocycles. The minimum atomic E-state index is -0.173. The van der Waals surface area contributed by atoms with Crippen molar-refractivity contribution in [3.05, 3.63) is 23.3 Å². The van der Waals surface area contributed by atoms with E-state index < -0.39 is 0 Å². The Bertz CT molecular complexity index is 714. The summed E-state index contributed by atoms with van der Waals surface area (Å²) in [5.74, 6) is 3.46. The van der Waals surface area contributed by atoms with E-state index in [1.165, 1.54) is 30.4 Å². The van der Waals surface area contributed by atoms with Crippen LogP contribution < -0.4 is 0 Å². The van der Waals surface area contributed by atoms with E-state index in [1.807, 2.05) is 0 Å². The quantitative estimate of drug-likeness (QED) is 0.550. The fraction of sp³-hybridized carbons (Fsp3) is 0.815. The molecule has 0 aromatic heterocycles. The number of hydrogen-bond acceptors (Lipinski definition) is 2. The van der Waals surface area contributed by atoms with Gasteiger partial charge in [-0.05, 0) is 100 Å². The Labute approximate surface area is 178 Å². The van der Waals surface area contributed by atoms with Gasteiger partial charge in [-0.15, -0.1) is 0 Å². The minimum Gasteiger partial charge on any atom is -0.393 e. The number of fused-ring (bicyclic) bond motifs is 5. The summed E-state index contributed by atoms with van der Waals surface area (Å²) in [7, 11) is 0. The Kier molecular flexibility index (Phi) is 5.64. The second kappa shape index (κ2) is 7.66. The fourth-order valence-corrected chi connectivity index (χ4v) is 8.13. The van der Waals surface area contributed by atoms with E-state index in [9.17, 15) is 9.90 Å². The molecule has 0 heterocycles. The van der Waals surface area contributed by atoms with Crippen LogP contribution in [0.25, 0.3) is 0 Å². The highest BCUT2D eigenvalue weighted by atomic mass is 16.3. The summed E-state index contributed by atoms with van der Waals surface area (Å²) in [6.07, 6.45) is 14.2. The van der Waals surface area contributed by atoms with Gasteiger partial charge in [-0.25, -0.2) is 0 Å². The van der Waals surface area contributed by atoms with Crippen LogP contribution in [0.1, 0.15) is 92.4 Å². The van der Waals surface area contributed by atoms with Gasteiger partial charge >= 0.3 is 0 Å². The predicted octanol–water partition coefficient (Wildman–Crippen LogP) is 6.49. The highest BCUT2D eigenvalue weighted by molar-refractivity contribution is 5.87. The molecule has 2 heteroatoms. The first-order valence-corrected chi connectivity index (χ1v) is 12.2. The standard InChI is InChI=1S/C27H42O2/c1-17(2)7-6-8-18(3)22-11-12-23-21-10-9-19-15-20(28)13-14-26(19,4)24(21)16-25(29)27(22,23)5/h7,9,18,20-24,28H,6,8,10-16H2,1-5H3/t18-,20+,21+,22-,23+,24+,26+,27-/m1/s1. The second-order valence-corrected chi connectivity index (χ2v) is 11.6. The number of hydrogen-bond donors (Lipinski definition) is 1. The molecule has 4 aliphatic rings. The van der Waals surface area contributed by atoms with E-state index >= 15 is 0 Å². The number of rotatable bonds is 4. The lowest BCUT2D eigenvalue weighted by molar-refractivity contribution is -0.147. The third kappa shape index (κ3) is 3.38. The van der Waals surface area contributed by atoms with Gasteiger partial charge in [-0.2, -0.15) is 0 Å². The molecule has 0 aliphatic heterocycles. The molecule has 0 unspecified atom stereocenters. The zero-order valence-corrected chi connectivity index (χ0v) is 19.3. The Morgan fingerprint density at radius 1 is 1.21 bits per heavy atom. The molecular formula is C27H42O2. The van der Waals surface area contributed by atoms with E-state index in [4.69, 9.17) is 0 Å². The Morgan fingerprint density at radius 2 is 1.97 bits per heavy atom. The van der Waals surface area contributed by atoms with Crippen molar-refractivity contribution in [1.82, 2.24) is 0 Å². The number of aliphatic hydroxyl groups is 1. The molecule has 1 N–H and O–H groups in total. The number of aliphatic hydroxyl groups excluding tert-OH is 1. The molecule has 0 radical (unpaired) electrons. The van der Waals surface area contributed by atoms with Crippen molar-refractivity contribution in [2.45, 2.75) is 98.5 Å². The molecule has 0 aromatic rings. The average molecular weight is 399 g/mol. The molecule has 4 aliphatic carbocycles. The van der Waals surface area contributed by atoms with Crippen molar-refractivity contribution in [1.29, 1.82) is 0 Å². The van der Waals surface area contributed by atoms with Crippen LogP contribution in [0.3, 0.4) is 0 Å². The molecule has 3 fully saturated rings. The number of Topliss-reactive ketones (excluding diaryl/α,β-unsaturated/α-hetero) is 1. The van der Waals surface area contributed by atoms with Gasteiger partial charge in [0.15, 0.2) is 0 Å². The summed E-state index contributed by atoms with van der Waals surface area (Å²) in [5, 5.41) is 10.2. The molecule has 4 rings (SSSR count). The molecule has 29 heavy (non-hydrogen) atoms. The van der Waals surface area contributed by atoms with Crippen LogP contribution in [0.2, 0.25) is 0 Å². The van der Waals surface area contributed by atoms with Crippen molar-refractivity contribution < 1.29 is 9.90 Å². The summed E-state index contributed by atoms with van der Waals surface area (Å²) in [5.41, 5.74) is 2.90. The van der Waals surface area contributed by atoms with E-state index in [-0.39, 0.29) is 16.9 Å². The van der Waals surface area contributed by atoms with Crippen molar-refractivity contribution >= 4 is 5.78 Å². The number of carbonyl (C=O) groups excluding carboxylic acids is 1. The maximum absolute atomic E-state index is 13.7. The van der Waals surface area contributed by atoms with E-state index in [2.05, 4.69) is 46.8 Å². The zero-order valence-electron chi connectivity index (χ0n) is 19.3. The summed E-state index contributed by atoms with van der Waals surface area (Å²) in [6, 6.07) is 0. The van der Waals surface area contributed by atoms with Gasteiger partial charge < -0.3 is 5.11 Å². The van der Waals surface area contributed by atoms with E-state index in [0.29, 0.717) is 35.4 Å². The minimum absolute atomic E-state index is 0.110. The molecule has 0 spiro atoms. The van der Waals surface area contributed by atoms with Gasteiger partial charge in [0.25, 0.3) is 0 Å². The number of carbonyl (C=O) groups is 1. The maximum atomic E-state index is 13.7. The van der Waals surface area contributed by atoms with Gasteiger partial charge in [-0.3, -0.25) is 4.79 Å². The lowest BCUT2D eigenvalue weighted by atomic mass is 9.46. The highest BCUT2D eigenvalue weighted by Crippen LogP contribution is 2.66. The van der Waals surface area contributed by atoms with Crippen LogP contribution in [0.5, 0.6) is 0 Å². The second-order valence-electron chi connectivity index (χ2n) is 11.6. The van der Waals surface area contributed by atoms with Crippen LogP contribution in [0.4, 0.5) is 0 Å². The molecule has 0 bridgehead atoms. The first-order valence-electron chi connectivity index (χ1n) is 12.2. The summed E-state index contributed by atoms with van der Waals surface area (Å²) in [4.78, 5) is 13.7. The number of ketones is 1. The van der Waals surface area contributed by atoms with Gasteiger partial charge in [-0.1, -0.05) is 44.1 Å². The average Bonchev–Trinajstić information content (AvgIpc) is 3.02.